The van der Waals surface area contributed by atoms with Gasteiger partial charge in [0.2, 0.25) is 5.91 Å². The quantitative estimate of drug-likeness (QED) is 0.746. The van der Waals surface area contributed by atoms with Crippen molar-refractivity contribution in [1.29, 1.82) is 0 Å². The highest BCUT2D eigenvalue weighted by molar-refractivity contribution is 5.89. The van der Waals surface area contributed by atoms with Gasteiger partial charge >= 0.3 is 6.09 Å². The van der Waals surface area contributed by atoms with Crippen LogP contribution in [0.5, 0.6) is 5.75 Å². The van der Waals surface area contributed by atoms with Gasteiger partial charge in [-0.3, -0.25) is 9.69 Å². The van der Waals surface area contributed by atoms with Gasteiger partial charge in [0.05, 0.1) is 25.3 Å². The molecule has 0 aliphatic carbocycles. The number of imidazole rings is 1. The lowest BCUT2D eigenvalue weighted by atomic mass is 10.1. The van der Waals surface area contributed by atoms with Gasteiger partial charge in [0, 0.05) is 25.1 Å². The molecular formula is C19H23N5O5. The van der Waals surface area contributed by atoms with Gasteiger partial charge in [0.25, 0.3) is 0 Å². The van der Waals surface area contributed by atoms with E-state index < -0.39 is 18.0 Å². The number of ether oxygens (including phenoxy) is 3. The highest BCUT2D eigenvalue weighted by Crippen LogP contribution is 2.36. The second-order valence-electron chi connectivity index (χ2n) is 7.02. The van der Waals surface area contributed by atoms with Crippen molar-refractivity contribution in [1.82, 2.24) is 9.55 Å². The Morgan fingerprint density at radius 3 is 3.07 bits per heavy atom. The maximum absolute atomic E-state index is 12.2. The molecule has 29 heavy (non-hydrogen) atoms. The first-order chi connectivity index (χ1) is 14.0. The van der Waals surface area contributed by atoms with Crippen LogP contribution in [0.2, 0.25) is 0 Å². The molecule has 1 fully saturated rings. The zero-order valence-corrected chi connectivity index (χ0v) is 16.3. The predicted molar refractivity (Wildman–Crippen MR) is 105 cm³/mol. The van der Waals surface area contributed by atoms with Crippen molar-refractivity contribution < 1.29 is 23.8 Å². The number of amides is 2. The molecule has 1 saturated heterocycles. The van der Waals surface area contributed by atoms with Gasteiger partial charge in [-0.05, 0) is 19.1 Å². The molecule has 4 rings (SSSR count). The second kappa shape index (κ2) is 7.63. The molecular weight excluding hydrogens is 378 g/mol. The Kier molecular flexibility index (Phi) is 5.01. The van der Waals surface area contributed by atoms with Crippen LogP contribution >= 0.6 is 0 Å². The number of hydrogen-bond acceptors (Lipinski definition) is 7. The number of carbonyl (C=O) groups excluding carboxylic acids is 2. The molecule has 0 saturated carbocycles. The van der Waals surface area contributed by atoms with E-state index in [2.05, 4.69) is 10.3 Å². The monoisotopic (exact) mass is 401 g/mol. The smallest absolute Gasteiger partial charge is 0.416 e. The molecule has 3 N–H and O–H groups in total. The minimum absolute atomic E-state index is 0.314. The average Bonchev–Trinajstić information content (AvgIpc) is 3.21. The summed E-state index contributed by atoms with van der Waals surface area (Å²) in [6, 6.07) is 5.02. The molecule has 1 aromatic carbocycles. The fourth-order valence-electron chi connectivity index (χ4n) is 3.39. The summed E-state index contributed by atoms with van der Waals surface area (Å²) >= 11 is 0. The fourth-order valence-corrected chi connectivity index (χ4v) is 3.39. The van der Waals surface area contributed by atoms with Crippen molar-refractivity contribution in [3.05, 3.63) is 24.4 Å². The maximum Gasteiger partial charge on any atom is 0.416 e. The summed E-state index contributed by atoms with van der Waals surface area (Å²) in [6.45, 7) is 3.45. The van der Waals surface area contributed by atoms with Gasteiger partial charge in [-0.25, -0.2) is 9.78 Å². The van der Waals surface area contributed by atoms with Gasteiger partial charge in [-0.15, -0.1) is 0 Å². The molecule has 0 unspecified atom stereocenters. The van der Waals surface area contributed by atoms with Crippen LogP contribution in [0.3, 0.4) is 0 Å². The Hall–Kier alpha value is -3.27. The van der Waals surface area contributed by atoms with E-state index in [1.807, 2.05) is 29.0 Å². The number of benzene rings is 1. The van der Waals surface area contributed by atoms with Crippen LogP contribution in [-0.2, 0) is 20.8 Å². The number of primary amides is 1. The van der Waals surface area contributed by atoms with Crippen LogP contribution in [0.15, 0.2) is 24.4 Å². The molecule has 10 heteroatoms. The summed E-state index contributed by atoms with van der Waals surface area (Å²) < 4.78 is 18.2. The Morgan fingerprint density at radius 1 is 1.48 bits per heavy atom. The lowest BCUT2D eigenvalue weighted by molar-refractivity contribution is -0.118. The first-order valence-corrected chi connectivity index (χ1v) is 9.33. The van der Waals surface area contributed by atoms with E-state index in [9.17, 15) is 9.59 Å². The fraction of sp³-hybridized carbons (Fsp3) is 0.421. The number of nitrogens with one attached hydrogen (secondary N) is 1. The van der Waals surface area contributed by atoms with Crippen molar-refractivity contribution in [2.45, 2.75) is 25.6 Å². The first-order valence-electron chi connectivity index (χ1n) is 9.33. The highest BCUT2D eigenvalue weighted by Gasteiger charge is 2.34. The lowest BCUT2D eigenvalue weighted by Crippen LogP contribution is -2.32. The molecule has 10 nitrogen and oxygen atoms in total. The molecule has 2 aliphatic rings. The average molecular weight is 401 g/mol. The van der Waals surface area contributed by atoms with Gasteiger partial charge in [0.1, 0.15) is 30.3 Å². The number of rotatable bonds is 6. The largest absolute Gasteiger partial charge is 0.491 e. The highest BCUT2D eigenvalue weighted by atomic mass is 16.6. The predicted octanol–water partition coefficient (Wildman–Crippen LogP) is 1.20. The molecule has 2 aromatic rings. The van der Waals surface area contributed by atoms with Crippen molar-refractivity contribution in [3.63, 3.8) is 0 Å². The zero-order chi connectivity index (χ0) is 20.5. The van der Waals surface area contributed by atoms with Gasteiger partial charge in [-0.2, -0.15) is 0 Å². The van der Waals surface area contributed by atoms with Gasteiger partial charge < -0.3 is 29.8 Å². The van der Waals surface area contributed by atoms with E-state index in [-0.39, 0.29) is 6.10 Å². The zero-order valence-electron chi connectivity index (χ0n) is 16.3. The van der Waals surface area contributed by atoms with E-state index in [1.54, 1.807) is 14.0 Å². The number of fused-ring (bicyclic) bond motifs is 3. The number of anilines is 2. The maximum atomic E-state index is 12.2. The third kappa shape index (κ3) is 3.70. The number of cyclic esters (lactones) is 1. The molecule has 154 valence electrons. The Morgan fingerprint density at radius 2 is 2.31 bits per heavy atom. The van der Waals surface area contributed by atoms with Crippen LogP contribution in [0.25, 0.3) is 11.4 Å². The summed E-state index contributed by atoms with van der Waals surface area (Å²) in [6.07, 6.45) is 1.08. The third-order valence-corrected chi connectivity index (χ3v) is 4.89. The minimum Gasteiger partial charge on any atom is -0.491 e. The number of nitrogens with two attached hydrogens (primary N) is 1. The topological polar surface area (TPSA) is 121 Å². The number of methoxy groups -OCH3 is 1. The number of carbonyl (C=O) groups is 2. The lowest BCUT2D eigenvalue weighted by Gasteiger charge is -2.14. The van der Waals surface area contributed by atoms with E-state index in [1.165, 1.54) is 4.90 Å². The van der Waals surface area contributed by atoms with Crippen molar-refractivity contribution >= 4 is 23.5 Å². The minimum atomic E-state index is -0.506. The molecule has 2 atom stereocenters. The standard InChI is InChI=1S/C19H23N5O5/c1-11(17(20)25)21-12-3-4-14-15(7-12)28-6-5-23-9-16(22-18(14)23)24-8-13(10-27-2)29-19(24)26/h3-4,7,9,11,13,21H,5-6,8,10H2,1-2H3,(H2,20,25)/t11-,13+/m0/s1. The van der Waals surface area contributed by atoms with Gasteiger partial charge in [-0.1, -0.05) is 0 Å². The van der Waals surface area contributed by atoms with Crippen LogP contribution < -0.4 is 20.7 Å². The van der Waals surface area contributed by atoms with Crippen LogP contribution in [-0.4, -0.2) is 60.6 Å². The molecule has 0 bridgehead atoms. The van der Waals surface area contributed by atoms with E-state index >= 15 is 0 Å². The summed E-state index contributed by atoms with van der Waals surface area (Å²) in [5, 5.41) is 3.05. The SMILES string of the molecule is COC[C@H]1CN(c2cn3c(n2)-c2ccc(N[C@@H](C)C(N)=O)cc2OCC3)C(=O)O1. The van der Waals surface area contributed by atoms with Crippen LogP contribution in [0, 0.1) is 0 Å². The van der Waals surface area contributed by atoms with Crippen molar-refractivity contribution in [3.8, 4) is 17.1 Å². The second-order valence-corrected chi connectivity index (χ2v) is 7.02. The number of aromatic nitrogens is 2. The van der Waals surface area contributed by atoms with E-state index in [4.69, 9.17) is 19.9 Å². The van der Waals surface area contributed by atoms with E-state index in [0.29, 0.717) is 43.7 Å². The third-order valence-electron chi connectivity index (χ3n) is 4.89. The Labute approximate surface area is 167 Å². The molecule has 0 spiro atoms. The van der Waals surface area contributed by atoms with Crippen LogP contribution in [0.4, 0.5) is 16.3 Å². The molecule has 1 aromatic heterocycles. The first kappa shape index (κ1) is 19.1. The Balaban J connectivity index is 1.62. The molecule has 2 aliphatic heterocycles. The molecule has 0 radical (unpaired) electrons. The van der Waals surface area contributed by atoms with Crippen molar-refractivity contribution in [2.75, 3.05) is 37.1 Å². The molecule has 3 heterocycles. The molecule has 2 amide bonds. The summed E-state index contributed by atoms with van der Waals surface area (Å²) in [4.78, 5) is 29.7. The normalized spacial score (nSPS) is 18.9. The summed E-state index contributed by atoms with van der Waals surface area (Å²) in [5.74, 6) is 1.43. The van der Waals surface area contributed by atoms with E-state index in [0.717, 1.165) is 11.3 Å². The number of hydrogen-bond donors (Lipinski definition) is 2. The summed E-state index contributed by atoms with van der Waals surface area (Å²) in [5.41, 5.74) is 6.84. The van der Waals surface area contributed by atoms with Crippen molar-refractivity contribution in [2.24, 2.45) is 5.73 Å². The van der Waals surface area contributed by atoms with Crippen LogP contribution in [0.1, 0.15) is 6.92 Å². The number of nitrogens with zero attached hydrogens (tertiary/aromatic N) is 3. The van der Waals surface area contributed by atoms with Gasteiger partial charge in [0.15, 0.2) is 5.82 Å². The Bertz CT molecular complexity index is 943. The summed E-state index contributed by atoms with van der Waals surface area (Å²) in [7, 11) is 1.57.